The van der Waals surface area contributed by atoms with Crippen LogP contribution in [0, 0.1) is 0 Å². The van der Waals surface area contributed by atoms with Gasteiger partial charge in [-0.15, -0.1) is 0 Å². The van der Waals surface area contributed by atoms with Gasteiger partial charge in [0.15, 0.2) is 5.76 Å². The van der Waals surface area contributed by atoms with Crippen molar-refractivity contribution in [3.8, 4) is 6.01 Å². The molecule has 0 spiro atoms. The summed E-state index contributed by atoms with van der Waals surface area (Å²) in [6.45, 7) is 0.890. The smallest absolute Gasteiger partial charge is 0.302 e. The topological polar surface area (TPSA) is 144 Å². The van der Waals surface area contributed by atoms with Crippen LogP contribution in [0.3, 0.4) is 0 Å². The van der Waals surface area contributed by atoms with Gasteiger partial charge in [-0.2, -0.15) is 9.29 Å². The van der Waals surface area contributed by atoms with Gasteiger partial charge in [-0.1, -0.05) is 0 Å². The molecule has 2 aromatic heterocycles. The zero-order valence-corrected chi connectivity index (χ0v) is 16.5. The fourth-order valence-electron chi connectivity index (χ4n) is 3.26. The number of nitrogens with two attached hydrogens (primary N) is 1. The summed E-state index contributed by atoms with van der Waals surface area (Å²) in [6, 6.07) is 1.36. The molecule has 1 aliphatic heterocycles. The minimum absolute atomic E-state index is 0.0276. The van der Waals surface area contributed by atoms with E-state index < -0.39 is 10.0 Å². The lowest BCUT2D eigenvalue weighted by Gasteiger charge is -2.30. The van der Waals surface area contributed by atoms with Gasteiger partial charge in [0.25, 0.3) is 5.56 Å². The highest BCUT2D eigenvalue weighted by atomic mass is 32.2. The van der Waals surface area contributed by atoms with E-state index in [0.717, 1.165) is 25.7 Å². The number of rotatable bonds is 6. The number of aliphatic imine (C=N–C) groups is 1. The zero-order chi connectivity index (χ0) is 20.4. The number of aromatic amines is 1. The van der Waals surface area contributed by atoms with E-state index in [2.05, 4.69) is 19.9 Å². The molecule has 0 amide bonds. The Morgan fingerprint density at radius 2 is 2.21 bits per heavy atom. The van der Waals surface area contributed by atoms with Crippen LogP contribution in [0.4, 0.5) is 0 Å². The largest absolute Gasteiger partial charge is 0.422 e. The quantitative estimate of drug-likeness (QED) is 0.514. The second kappa shape index (κ2) is 7.91. The molecule has 2 aromatic rings. The van der Waals surface area contributed by atoms with E-state index in [4.69, 9.17) is 10.5 Å². The first-order valence-electron chi connectivity index (χ1n) is 9.43. The molecule has 2 fully saturated rings. The van der Waals surface area contributed by atoms with Crippen molar-refractivity contribution in [3.63, 3.8) is 0 Å². The lowest BCUT2D eigenvalue weighted by atomic mass is 10.1. The first-order valence-corrected chi connectivity index (χ1v) is 10.9. The van der Waals surface area contributed by atoms with Crippen molar-refractivity contribution in [2.45, 2.75) is 37.0 Å². The number of nitrogens with one attached hydrogen (secondary N) is 1. The average Bonchev–Trinajstić information content (AvgIpc) is 3.57. The fourth-order valence-corrected chi connectivity index (χ4v) is 5.18. The van der Waals surface area contributed by atoms with Crippen molar-refractivity contribution >= 4 is 27.1 Å². The number of ether oxygens (including phenoxy) is 1. The standard InChI is InChI=1S/C18H22N6O4S/c19-8-13(28-18-22-16-10-20-6-5-15(16)17(25)23-18)9-21-12-2-1-7-24(11-12)29(26,27)14-3-4-14/h5-6,8-10,12,14H,1-4,7,11,19H2,(H,22,23,25)/t12-/m1/s1. The van der Waals surface area contributed by atoms with Gasteiger partial charge >= 0.3 is 6.01 Å². The van der Waals surface area contributed by atoms with Gasteiger partial charge in [-0.3, -0.25) is 19.8 Å². The van der Waals surface area contributed by atoms with Gasteiger partial charge in [0.1, 0.15) is 0 Å². The van der Waals surface area contributed by atoms with E-state index in [1.54, 1.807) is 6.07 Å². The highest BCUT2D eigenvalue weighted by Gasteiger charge is 2.41. The van der Waals surface area contributed by atoms with Gasteiger partial charge in [-0.25, -0.2) is 8.42 Å². The Balaban J connectivity index is 1.45. The molecule has 3 N–H and O–H groups in total. The third-order valence-electron chi connectivity index (χ3n) is 4.94. The van der Waals surface area contributed by atoms with Gasteiger partial charge in [0.2, 0.25) is 10.0 Å². The molecule has 1 atom stereocenters. The summed E-state index contributed by atoms with van der Waals surface area (Å²) in [5.41, 5.74) is 5.66. The zero-order valence-electron chi connectivity index (χ0n) is 15.7. The molecule has 29 heavy (non-hydrogen) atoms. The molecule has 0 bridgehead atoms. The number of piperidine rings is 1. The number of pyridine rings is 1. The van der Waals surface area contributed by atoms with Crippen molar-refractivity contribution < 1.29 is 13.2 Å². The van der Waals surface area contributed by atoms with E-state index >= 15 is 0 Å². The van der Waals surface area contributed by atoms with Crippen molar-refractivity contribution in [1.29, 1.82) is 0 Å². The number of allylic oxidation sites excluding steroid dienone is 1. The van der Waals surface area contributed by atoms with Gasteiger partial charge in [-0.05, 0) is 31.7 Å². The van der Waals surface area contributed by atoms with Crippen molar-refractivity contribution in [3.05, 3.63) is 40.8 Å². The molecular formula is C18H22N6O4S. The molecule has 2 aliphatic rings. The normalized spacial score (nSPS) is 21.7. The number of nitrogens with zero attached hydrogens (tertiary/aromatic N) is 4. The second-order valence-corrected chi connectivity index (χ2v) is 9.32. The lowest BCUT2D eigenvalue weighted by molar-refractivity contribution is 0.316. The Morgan fingerprint density at radius 3 is 2.97 bits per heavy atom. The molecule has 4 rings (SSSR count). The van der Waals surface area contributed by atoms with Crippen LogP contribution in [0.2, 0.25) is 0 Å². The van der Waals surface area contributed by atoms with E-state index in [9.17, 15) is 13.2 Å². The molecule has 0 radical (unpaired) electrons. The van der Waals surface area contributed by atoms with Crippen LogP contribution in [-0.4, -0.2) is 58.3 Å². The molecule has 1 saturated heterocycles. The van der Waals surface area contributed by atoms with Crippen LogP contribution >= 0.6 is 0 Å². The summed E-state index contributed by atoms with van der Waals surface area (Å²) >= 11 is 0. The first-order chi connectivity index (χ1) is 14.0. The number of H-pyrrole nitrogens is 1. The van der Waals surface area contributed by atoms with Crippen LogP contribution in [0.1, 0.15) is 25.7 Å². The van der Waals surface area contributed by atoms with Crippen molar-refractivity contribution in [1.82, 2.24) is 19.3 Å². The van der Waals surface area contributed by atoms with E-state index in [1.807, 2.05) is 0 Å². The molecule has 3 heterocycles. The van der Waals surface area contributed by atoms with E-state index in [-0.39, 0.29) is 28.6 Å². The summed E-state index contributed by atoms with van der Waals surface area (Å²) in [5, 5.41) is 0.178. The third-order valence-corrected chi connectivity index (χ3v) is 7.31. The maximum atomic E-state index is 12.4. The molecular weight excluding hydrogens is 396 g/mol. The molecule has 11 heteroatoms. The molecule has 1 aliphatic carbocycles. The number of hydrogen-bond acceptors (Lipinski definition) is 8. The molecule has 1 saturated carbocycles. The summed E-state index contributed by atoms with van der Waals surface area (Å²) < 4.78 is 32.0. The monoisotopic (exact) mass is 418 g/mol. The second-order valence-electron chi connectivity index (χ2n) is 7.11. The third kappa shape index (κ3) is 4.30. The summed E-state index contributed by atoms with van der Waals surface area (Å²) in [5.74, 6) is 0.193. The Morgan fingerprint density at radius 1 is 1.38 bits per heavy atom. The maximum absolute atomic E-state index is 12.4. The number of fused-ring (bicyclic) bond motifs is 1. The number of aromatic nitrogens is 3. The predicted octanol–water partition coefficient (Wildman–Crippen LogP) is 0.524. The number of hydrogen-bond donors (Lipinski definition) is 2. The summed E-state index contributed by atoms with van der Waals surface area (Å²) in [4.78, 5) is 27.2. The SMILES string of the molecule is NC=C(C=N[C@@H]1CCCN(S(=O)(=O)C2CC2)C1)Oc1nc2cnccc2c(=O)[nH]1. The maximum Gasteiger partial charge on any atom is 0.302 e. The Hall–Kier alpha value is -2.79. The van der Waals surface area contributed by atoms with E-state index in [0.29, 0.717) is 24.0 Å². The fraction of sp³-hybridized carbons (Fsp3) is 0.444. The summed E-state index contributed by atoms with van der Waals surface area (Å²) in [6.07, 6.45) is 8.64. The molecule has 154 valence electrons. The number of sulfonamides is 1. The van der Waals surface area contributed by atoms with Crippen molar-refractivity contribution in [2.24, 2.45) is 10.7 Å². The Bertz CT molecular complexity index is 1120. The van der Waals surface area contributed by atoms with Crippen LogP contribution in [-0.2, 0) is 10.0 Å². The highest BCUT2D eigenvalue weighted by molar-refractivity contribution is 7.90. The molecule has 10 nitrogen and oxygen atoms in total. The van der Waals surface area contributed by atoms with Crippen LogP contribution in [0.5, 0.6) is 6.01 Å². The highest BCUT2D eigenvalue weighted by Crippen LogP contribution is 2.32. The van der Waals surface area contributed by atoms with Gasteiger partial charge in [0, 0.05) is 25.5 Å². The molecule has 0 unspecified atom stereocenters. The van der Waals surface area contributed by atoms with Gasteiger partial charge < -0.3 is 10.5 Å². The van der Waals surface area contributed by atoms with Gasteiger partial charge in [0.05, 0.1) is 34.6 Å². The lowest BCUT2D eigenvalue weighted by Crippen LogP contribution is -2.43. The minimum atomic E-state index is -3.21. The van der Waals surface area contributed by atoms with Crippen LogP contribution < -0.4 is 16.0 Å². The molecule has 0 aromatic carbocycles. The average molecular weight is 418 g/mol. The Kier molecular flexibility index (Phi) is 5.33. The van der Waals surface area contributed by atoms with Crippen molar-refractivity contribution in [2.75, 3.05) is 13.1 Å². The van der Waals surface area contributed by atoms with Crippen LogP contribution in [0.15, 0.2) is 40.2 Å². The predicted molar refractivity (Wildman–Crippen MR) is 108 cm³/mol. The van der Waals surface area contributed by atoms with E-state index in [1.165, 1.54) is 29.1 Å². The first kappa shape index (κ1) is 19.5. The Labute approximate surface area is 167 Å². The summed E-state index contributed by atoms with van der Waals surface area (Å²) in [7, 11) is -3.21. The van der Waals surface area contributed by atoms with Crippen LogP contribution in [0.25, 0.3) is 10.9 Å². The minimum Gasteiger partial charge on any atom is -0.422 e.